The summed E-state index contributed by atoms with van der Waals surface area (Å²) < 4.78 is 43.1. The lowest BCUT2D eigenvalue weighted by Gasteiger charge is -2.44. The highest BCUT2D eigenvalue weighted by Crippen LogP contribution is 2.42. The number of aliphatic hydroxyl groups is 1. The normalized spacial score (nSPS) is 20.5. The van der Waals surface area contributed by atoms with Crippen LogP contribution in [0.4, 0.5) is 17.1 Å². The maximum Gasteiger partial charge on any atom is 0.269 e. The number of hydrogen-bond acceptors (Lipinski definition) is 10. The van der Waals surface area contributed by atoms with Crippen LogP contribution in [0, 0.1) is 23.0 Å². The summed E-state index contributed by atoms with van der Waals surface area (Å²) in [6, 6.07) is 36.2. The summed E-state index contributed by atoms with van der Waals surface area (Å²) in [5.41, 5.74) is 5.60. The van der Waals surface area contributed by atoms with Crippen LogP contribution >= 0.6 is 0 Å². The number of rotatable bonds is 14. The number of non-ortho nitro benzene ring substituents is 1. The van der Waals surface area contributed by atoms with Crippen molar-refractivity contribution in [1.29, 1.82) is 0 Å². The van der Waals surface area contributed by atoms with Crippen molar-refractivity contribution in [2.45, 2.75) is 56.3 Å². The van der Waals surface area contributed by atoms with Crippen molar-refractivity contribution >= 4 is 33.0 Å². The average molecular weight is 820 g/mol. The van der Waals surface area contributed by atoms with E-state index < -0.39 is 33.2 Å². The minimum Gasteiger partial charge on any atom is -0.392 e. The summed E-state index contributed by atoms with van der Waals surface area (Å²) in [4.78, 5) is 29.4. The lowest BCUT2D eigenvalue weighted by molar-refractivity contribution is -0.384. The van der Waals surface area contributed by atoms with Crippen LogP contribution in [0.2, 0.25) is 0 Å². The molecule has 0 unspecified atom stereocenters. The zero-order valence-corrected chi connectivity index (χ0v) is 33.8. The third-order valence-corrected chi connectivity index (χ3v) is 12.5. The Morgan fingerprint density at radius 3 is 2.20 bits per heavy atom. The van der Waals surface area contributed by atoms with Gasteiger partial charge in [-0.15, -0.1) is 0 Å². The van der Waals surface area contributed by atoms with Gasteiger partial charge in [-0.1, -0.05) is 91.3 Å². The zero-order valence-electron chi connectivity index (χ0n) is 33.0. The number of aliphatic hydroxyl groups excluding tert-OH is 1. The Hall–Kier alpha value is -5.48. The number of aryl methyl sites for hydroxylation is 1. The number of amides is 1. The summed E-state index contributed by atoms with van der Waals surface area (Å²) in [5, 5.41) is 23.8. The van der Waals surface area contributed by atoms with Gasteiger partial charge in [0.15, 0.2) is 6.29 Å². The second-order valence-corrected chi connectivity index (χ2v) is 16.9. The van der Waals surface area contributed by atoms with Crippen LogP contribution in [0.25, 0.3) is 0 Å². The molecule has 59 heavy (non-hydrogen) atoms. The fourth-order valence-corrected chi connectivity index (χ4v) is 8.75. The molecule has 2 aliphatic rings. The Morgan fingerprint density at radius 1 is 0.847 bits per heavy atom. The smallest absolute Gasteiger partial charge is 0.269 e. The third-order valence-electron chi connectivity index (χ3n) is 11.0. The minimum absolute atomic E-state index is 0.0536. The number of sulfonamides is 1. The van der Waals surface area contributed by atoms with Gasteiger partial charge in [-0.05, 0) is 66.4 Å². The molecule has 0 aromatic heterocycles. The Bertz CT molecular complexity index is 2300. The summed E-state index contributed by atoms with van der Waals surface area (Å²) in [6.45, 7) is 7.59. The van der Waals surface area contributed by atoms with Gasteiger partial charge in [0.25, 0.3) is 5.69 Å². The predicted molar refractivity (Wildman–Crippen MR) is 225 cm³/mol. The molecular formula is C45H49N5O8S. The van der Waals surface area contributed by atoms with Gasteiger partial charge in [-0.25, -0.2) is 8.42 Å². The SMILES string of the molecule is Cc1ccc(S(=O)(=O)N[C@H](Cc2ccccc2)C(=O)Nc2cccc([C@@H]3O[C@H](CN4CCN(c5ccc([N+](=O)[O-])cc5)CC4)[C@H](C)[C@H](c4ccc(CO)cc4)O3)c2)cc1. The van der Waals surface area contributed by atoms with E-state index in [-0.39, 0.29) is 41.7 Å². The van der Waals surface area contributed by atoms with Gasteiger partial charge in [0.2, 0.25) is 15.9 Å². The Morgan fingerprint density at radius 2 is 1.54 bits per heavy atom. The standard InChI is InChI=1S/C45H49N5O8S/c1-31-11-21-40(22-12-31)59(55,56)47-41(27-33-7-4-3-5-8-33)44(52)46-37-10-6-9-36(28-37)45-57-42(32(2)43(58-45)35-15-13-34(30-51)14-16-35)29-48-23-25-49(26-24-48)38-17-19-39(20-18-38)50(53)54/h3-22,28,32,41-43,45,47,51H,23-27,29-30H2,1-2H3,(H,46,52)/t32-,41+,42+,43+,45+/m0/s1. The highest BCUT2D eigenvalue weighted by atomic mass is 32.2. The fraction of sp³-hybridized carbons (Fsp3) is 0.311. The molecule has 2 heterocycles. The zero-order chi connectivity index (χ0) is 41.5. The summed E-state index contributed by atoms with van der Waals surface area (Å²) in [7, 11) is -4.04. The topological polar surface area (TPSA) is 164 Å². The van der Waals surface area contributed by atoms with E-state index in [2.05, 4.69) is 26.8 Å². The Balaban J connectivity index is 1.09. The van der Waals surface area contributed by atoms with Gasteiger partial charge in [-0.3, -0.25) is 19.8 Å². The summed E-state index contributed by atoms with van der Waals surface area (Å²) >= 11 is 0. The highest BCUT2D eigenvalue weighted by Gasteiger charge is 2.40. The quantitative estimate of drug-likeness (QED) is 0.0829. The van der Waals surface area contributed by atoms with Crippen molar-refractivity contribution in [2.75, 3.05) is 42.9 Å². The largest absolute Gasteiger partial charge is 0.392 e. The molecule has 1 amide bonds. The van der Waals surface area contributed by atoms with E-state index in [0.29, 0.717) is 17.8 Å². The van der Waals surface area contributed by atoms with Crippen LogP contribution in [-0.2, 0) is 37.3 Å². The van der Waals surface area contributed by atoms with Crippen LogP contribution in [0.5, 0.6) is 0 Å². The number of ether oxygens (including phenoxy) is 2. The molecule has 5 aromatic rings. The van der Waals surface area contributed by atoms with Crippen molar-refractivity contribution in [3.63, 3.8) is 0 Å². The molecular weight excluding hydrogens is 771 g/mol. The van der Waals surface area contributed by atoms with Crippen molar-refractivity contribution < 1.29 is 32.7 Å². The first-order chi connectivity index (χ1) is 28.4. The predicted octanol–water partition coefficient (Wildman–Crippen LogP) is 6.54. The van der Waals surface area contributed by atoms with Crippen LogP contribution < -0.4 is 14.9 Å². The maximum atomic E-state index is 14.0. The number of carbonyl (C=O) groups is 1. The molecule has 308 valence electrons. The molecule has 5 atom stereocenters. The summed E-state index contributed by atoms with van der Waals surface area (Å²) in [5.74, 6) is -0.574. The van der Waals surface area contributed by atoms with Crippen LogP contribution in [0.1, 0.15) is 47.1 Å². The average Bonchev–Trinajstić information content (AvgIpc) is 3.25. The monoisotopic (exact) mass is 819 g/mol. The molecule has 14 heteroatoms. The third kappa shape index (κ3) is 10.4. The molecule has 13 nitrogen and oxygen atoms in total. The molecule has 5 aromatic carbocycles. The number of hydrogen-bond donors (Lipinski definition) is 3. The molecule has 2 aliphatic heterocycles. The first-order valence-electron chi connectivity index (χ1n) is 19.7. The second-order valence-electron chi connectivity index (χ2n) is 15.2. The van der Waals surface area contributed by atoms with E-state index in [1.54, 1.807) is 42.5 Å². The minimum atomic E-state index is -4.04. The molecule has 2 saturated heterocycles. The van der Waals surface area contributed by atoms with E-state index in [0.717, 1.165) is 54.1 Å². The molecule has 0 bridgehead atoms. The molecule has 3 N–H and O–H groups in total. The second kappa shape index (κ2) is 18.6. The Labute approximate surface area is 344 Å². The maximum absolute atomic E-state index is 14.0. The van der Waals surface area contributed by atoms with Gasteiger partial charge in [0.1, 0.15) is 6.04 Å². The van der Waals surface area contributed by atoms with Crippen molar-refractivity contribution in [3.8, 4) is 0 Å². The number of nitro benzene ring substituents is 1. The molecule has 0 spiro atoms. The summed E-state index contributed by atoms with van der Waals surface area (Å²) in [6.07, 6.45) is -1.26. The van der Waals surface area contributed by atoms with Gasteiger partial charge in [-0.2, -0.15) is 4.72 Å². The van der Waals surface area contributed by atoms with Gasteiger partial charge in [0.05, 0.1) is 28.6 Å². The number of nitrogens with zero attached hydrogens (tertiary/aromatic N) is 3. The lowest BCUT2D eigenvalue weighted by Crippen LogP contribution is -2.51. The van der Waals surface area contributed by atoms with Crippen LogP contribution in [0.3, 0.4) is 0 Å². The first-order valence-corrected chi connectivity index (χ1v) is 21.2. The van der Waals surface area contributed by atoms with Gasteiger partial charge < -0.3 is 24.8 Å². The molecule has 0 aliphatic carbocycles. The molecule has 7 rings (SSSR count). The molecule has 0 saturated carbocycles. The van der Waals surface area contributed by atoms with E-state index in [4.69, 9.17) is 9.47 Å². The number of anilines is 2. The van der Waals surface area contributed by atoms with Crippen molar-refractivity contribution in [1.82, 2.24) is 9.62 Å². The van der Waals surface area contributed by atoms with E-state index >= 15 is 0 Å². The molecule has 2 fully saturated rings. The molecule has 0 radical (unpaired) electrons. The van der Waals surface area contributed by atoms with Gasteiger partial charge in [0, 0.05) is 67.7 Å². The number of carbonyl (C=O) groups excluding carboxylic acids is 1. The van der Waals surface area contributed by atoms with Crippen molar-refractivity contribution in [3.05, 3.63) is 165 Å². The van der Waals surface area contributed by atoms with E-state index in [1.807, 2.05) is 67.6 Å². The highest BCUT2D eigenvalue weighted by molar-refractivity contribution is 7.89. The van der Waals surface area contributed by atoms with E-state index in [9.17, 15) is 28.4 Å². The Kier molecular flexibility index (Phi) is 13.2. The van der Waals surface area contributed by atoms with Gasteiger partial charge >= 0.3 is 0 Å². The number of benzene rings is 5. The van der Waals surface area contributed by atoms with Crippen LogP contribution in [-0.4, -0.2) is 74.1 Å². The number of nitro groups is 1. The van der Waals surface area contributed by atoms with Crippen molar-refractivity contribution in [2.24, 2.45) is 5.92 Å². The van der Waals surface area contributed by atoms with Crippen LogP contribution in [0.15, 0.2) is 132 Å². The lowest BCUT2D eigenvalue weighted by atomic mass is 9.90. The fourth-order valence-electron chi connectivity index (χ4n) is 7.56. The van der Waals surface area contributed by atoms with E-state index in [1.165, 1.54) is 24.3 Å². The number of piperazine rings is 1. The number of nitrogens with one attached hydrogen (secondary N) is 2. The first kappa shape index (κ1) is 41.7.